The topological polar surface area (TPSA) is 9.23 Å². The SMILES string of the molecule is C/C=C/CCc1ccc(C#Cc2cc(F)c(C(F)(F)Oc3ccc(-c4cc(F)c(F)c(F)c4)c(F)c3)c(F)c2)c(F)c1. The Balaban J connectivity index is 1.55. The number of rotatable bonds is 7. The molecule has 216 valence electrons. The highest BCUT2D eigenvalue weighted by Crippen LogP contribution is 2.37. The molecule has 4 aromatic carbocycles. The number of hydrogen-bond donors (Lipinski definition) is 0. The van der Waals surface area contributed by atoms with Gasteiger partial charge in [0.25, 0.3) is 0 Å². The third-order valence-corrected chi connectivity index (χ3v) is 6.02. The molecule has 4 aromatic rings. The second-order valence-corrected chi connectivity index (χ2v) is 9.00. The van der Waals surface area contributed by atoms with Crippen LogP contribution in [0.25, 0.3) is 11.1 Å². The lowest BCUT2D eigenvalue weighted by atomic mass is 10.0. The maximum absolute atomic E-state index is 14.8. The summed E-state index contributed by atoms with van der Waals surface area (Å²) in [4.78, 5) is 0. The van der Waals surface area contributed by atoms with Crippen LogP contribution in [0.3, 0.4) is 0 Å². The summed E-state index contributed by atoms with van der Waals surface area (Å²) in [7, 11) is 0. The number of aryl methyl sites for hydroxylation is 1. The zero-order valence-corrected chi connectivity index (χ0v) is 21.7. The molecular weight excluding hydrogens is 571 g/mol. The maximum atomic E-state index is 14.8. The number of halogens is 9. The van der Waals surface area contributed by atoms with Crippen LogP contribution in [0.2, 0.25) is 0 Å². The molecular formula is C32H19F9O. The average molecular weight is 590 g/mol. The van der Waals surface area contributed by atoms with Gasteiger partial charge >= 0.3 is 6.11 Å². The fraction of sp³-hybridized carbons (Fsp3) is 0.125. The zero-order valence-electron chi connectivity index (χ0n) is 21.7. The summed E-state index contributed by atoms with van der Waals surface area (Å²) in [5.41, 5.74) is -2.43. The average Bonchev–Trinajstić information content (AvgIpc) is 2.90. The van der Waals surface area contributed by atoms with Gasteiger partial charge in [0.2, 0.25) is 0 Å². The second-order valence-electron chi connectivity index (χ2n) is 9.00. The Labute approximate surface area is 234 Å². The molecule has 10 heteroatoms. The van der Waals surface area contributed by atoms with Gasteiger partial charge in [0.05, 0.1) is 5.56 Å². The number of hydrogen-bond acceptors (Lipinski definition) is 1. The van der Waals surface area contributed by atoms with Crippen molar-refractivity contribution < 1.29 is 44.3 Å². The van der Waals surface area contributed by atoms with E-state index in [0.717, 1.165) is 12.1 Å². The van der Waals surface area contributed by atoms with Crippen molar-refractivity contribution in [3.63, 3.8) is 0 Å². The molecule has 0 aliphatic carbocycles. The number of benzene rings is 4. The first-order valence-electron chi connectivity index (χ1n) is 12.3. The van der Waals surface area contributed by atoms with Crippen LogP contribution in [-0.2, 0) is 12.5 Å². The molecule has 0 aromatic heterocycles. The Hall–Kier alpha value is -4.65. The molecule has 4 rings (SSSR count). The van der Waals surface area contributed by atoms with Crippen LogP contribution in [0.1, 0.15) is 35.6 Å². The van der Waals surface area contributed by atoms with Gasteiger partial charge in [-0.2, -0.15) is 8.78 Å². The van der Waals surface area contributed by atoms with Crippen molar-refractivity contribution in [2.75, 3.05) is 0 Å². The predicted molar refractivity (Wildman–Crippen MR) is 138 cm³/mol. The predicted octanol–water partition coefficient (Wildman–Crippen LogP) is 9.36. The molecule has 0 saturated carbocycles. The Morgan fingerprint density at radius 1 is 0.714 bits per heavy atom. The van der Waals surface area contributed by atoms with E-state index in [9.17, 15) is 39.5 Å². The minimum absolute atomic E-state index is 0.0695. The minimum atomic E-state index is -4.64. The first-order valence-corrected chi connectivity index (χ1v) is 12.3. The minimum Gasteiger partial charge on any atom is -0.429 e. The smallest absolute Gasteiger partial charge is 0.429 e. The van der Waals surface area contributed by atoms with Crippen LogP contribution in [0.5, 0.6) is 5.75 Å². The lowest BCUT2D eigenvalue weighted by molar-refractivity contribution is -0.189. The normalized spacial score (nSPS) is 11.5. The van der Waals surface area contributed by atoms with Gasteiger partial charge in [0.1, 0.15) is 34.6 Å². The first-order chi connectivity index (χ1) is 19.9. The fourth-order valence-corrected chi connectivity index (χ4v) is 4.00. The molecule has 1 nitrogen and oxygen atoms in total. The fourth-order valence-electron chi connectivity index (χ4n) is 4.00. The van der Waals surface area contributed by atoms with Gasteiger partial charge in [-0.15, -0.1) is 0 Å². The molecule has 0 spiro atoms. The lowest BCUT2D eigenvalue weighted by Gasteiger charge is -2.20. The van der Waals surface area contributed by atoms with Crippen LogP contribution in [0.15, 0.2) is 72.8 Å². The number of ether oxygens (including phenoxy) is 1. The van der Waals surface area contributed by atoms with Gasteiger partial charge in [-0.25, -0.2) is 30.7 Å². The molecule has 0 fully saturated rings. The van der Waals surface area contributed by atoms with E-state index in [-0.39, 0.29) is 11.1 Å². The molecule has 42 heavy (non-hydrogen) atoms. The summed E-state index contributed by atoms with van der Waals surface area (Å²) in [6.07, 6.45) is 0.442. The molecule has 0 heterocycles. The second kappa shape index (κ2) is 12.5. The van der Waals surface area contributed by atoms with E-state index in [1.54, 1.807) is 6.07 Å². The summed E-state index contributed by atoms with van der Waals surface area (Å²) in [6, 6.07) is 8.30. The Morgan fingerprint density at radius 2 is 1.38 bits per heavy atom. The standard InChI is InChI=1S/C32H19F9O/c1-2-3-4-5-18-6-8-20(24(33)12-18)9-7-19-13-26(35)30(27(36)14-19)32(40,41)42-22-10-11-23(25(34)17-22)21-15-28(37)31(39)29(38)16-21/h2-3,6,8,10-17H,4-5H2,1H3/b3-2+. The van der Waals surface area contributed by atoms with Gasteiger partial charge in [0.15, 0.2) is 17.5 Å². The first kappa shape index (κ1) is 30.3. The van der Waals surface area contributed by atoms with E-state index >= 15 is 0 Å². The van der Waals surface area contributed by atoms with Crippen LogP contribution in [0, 0.1) is 52.6 Å². The Morgan fingerprint density at radius 3 is 1.98 bits per heavy atom. The summed E-state index contributed by atoms with van der Waals surface area (Å²) < 4.78 is 132. The van der Waals surface area contributed by atoms with Gasteiger partial charge in [-0.05, 0) is 79.4 Å². The van der Waals surface area contributed by atoms with Crippen molar-refractivity contribution in [1.29, 1.82) is 0 Å². The summed E-state index contributed by atoms with van der Waals surface area (Å²) in [5.74, 6) is -6.55. The van der Waals surface area contributed by atoms with Gasteiger partial charge in [-0.3, -0.25) is 0 Å². The summed E-state index contributed by atoms with van der Waals surface area (Å²) in [5, 5.41) is 0. The summed E-state index contributed by atoms with van der Waals surface area (Å²) >= 11 is 0. The molecule has 0 amide bonds. The molecule has 0 atom stereocenters. The van der Waals surface area contributed by atoms with Crippen molar-refractivity contribution >= 4 is 0 Å². The molecule has 0 bridgehead atoms. The third-order valence-electron chi connectivity index (χ3n) is 6.02. The van der Waals surface area contributed by atoms with Crippen LogP contribution < -0.4 is 4.74 Å². The number of alkyl halides is 2. The van der Waals surface area contributed by atoms with Gasteiger partial charge < -0.3 is 4.74 Å². The molecule has 0 unspecified atom stereocenters. The van der Waals surface area contributed by atoms with Crippen molar-refractivity contribution in [2.24, 2.45) is 0 Å². The van der Waals surface area contributed by atoms with Crippen LogP contribution in [-0.4, -0.2) is 0 Å². The van der Waals surface area contributed by atoms with Gasteiger partial charge in [-0.1, -0.05) is 30.1 Å². The zero-order chi connectivity index (χ0) is 30.6. The van der Waals surface area contributed by atoms with E-state index < -0.39 is 69.3 Å². The highest BCUT2D eigenvalue weighted by Gasteiger charge is 2.41. The summed E-state index contributed by atoms with van der Waals surface area (Å²) in [6.45, 7) is 1.86. The van der Waals surface area contributed by atoms with E-state index in [1.165, 1.54) is 12.1 Å². The van der Waals surface area contributed by atoms with E-state index in [2.05, 4.69) is 16.6 Å². The highest BCUT2D eigenvalue weighted by atomic mass is 19.3. The number of allylic oxidation sites excluding steroid dienone is 2. The van der Waals surface area contributed by atoms with Crippen molar-refractivity contribution in [2.45, 2.75) is 25.9 Å². The van der Waals surface area contributed by atoms with E-state index in [0.29, 0.717) is 48.7 Å². The Bertz CT molecular complexity index is 1690. The quantitative estimate of drug-likeness (QED) is 0.0902. The monoisotopic (exact) mass is 590 g/mol. The molecule has 0 aliphatic heterocycles. The van der Waals surface area contributed by atoms with E-state index in [4.69, 9.17) is 0 Å². The Kier molecular flexibility index (Phi) is 9.00. The maximum Gasteiger partial charge on any atom is 0.432 e. The third kappa shape index (κ3) is 6.79. The van der Waals surface area contributed by atoms with Crippen molar-refractivity contribution in [3.8, 4) is 28.7 Å². The van der Waals surface area contributed by atoms with Gasteiger partial charge in [0, 0.05) is 17.2 Å². The molecule has 0 saturated heterocycles. The molecule has 0 radical (unpaired) electrons. The van der Waals surface area contributed by atoms with Crippen LogP contribution >= 0.6 is 0 Å². The highest BCUT2D eigenvalue weighted by molar-refractivity contribution is 5.65. The lowest BCUT2D eigenvalue weighted by Crippen LogP contribution is -2.25. The van der Waals surface area contributed by atoms with Crippen LogP contribution in [0.4, 0.5) is 39.5 Å². The van der Waals surface area contributed by atoms with Crippen molar-refractivity contribution in [3.05, 3.63) is 136 Å². The van der Waals surface area contributed by atoms with E-state index in [1.807, 2.05) is 19.1 Å². The molecule has 0 aliphatic rings. The largest absolute Gasteiger partial charge is 0.432 e. The molecule has 0 N–H and O–H groups in total. The van der Waals surface area contributed by atoms with Crippen molar-refractivity contribution in [1.82, 2.24) is 0 Å².